The van der Waals surface area contributed by atoms with Gasteiger partial charge in [0.1, 0.15) is 11.6 Å². The maximum atomic E-state index is 14.6. The molecule has 0 saturated heterocycles. The third-order valence-corrected chi connectivity index (χ3v) is 5.93. The molecule has 29 heavy (non-hydrogen) atoms. The van der Waals surface area contributed by atoms with Crippen molar-refractivity contribution in [3.05, 3.63) is 65.0 Å². The molecule has 0 spiro atoms. The van der Waals surface area contributed by atoms with Crippen LogP contribution in [0.1, 0.15) is 68.1 Å². The summed E-state index contributed by atoms with van der Waals surface area (Å²) in [7, 11) is 0. The Balaban J connectivity index is 1.54. The van der Waals surface area contributed by atoms with Crippen LogP contribution in [-0.2, 0) is 12.8 Å². The van der Waals surface area contributed by atoms with Gasteiger partial charge in [0.2, 0.25) is 0 Å². The molecular formula is C24H28F4O. The summed E-state index contributed by atoms with van der Waals surface area (Å²) in [6.45, 7) is 2.23. The fraction of sp³-hybridized carbons (Fsp3) is 0.500. The quantitative estimate of drug-likeness (QED) is 0.429. The van der Waals surface area contributed by atoms with Crippen molar-refractivity contribution in [2.24, 2.45) is 5.92 Å². The first-order valence-corrected chi connectivity index (χ1v) is 10.5. The average Bonchev–Trinajstić information content (AvgIpc) is 2.68. The van der Waals surface area contributed by atoms with Crippen LogP contribution in [0.25, 0.3) is 0 Å². The van der Waals surface area contributed by atoms with Gasteiger partial charge < -0.3 is 4.74 Å². The predicted octanol–water partition coefficient (Wildman–Crippen LogP) is 7.58. The van der Waals surface area contributed by atoms with Crippen LogP contribution in [0.2, 0.25) is 0 Å². The van der Waals surface area contributed by atoms with E-state index in [4.69, 9.17) is 0 Å². The third-order valence-electron chi connectivity index (χ3n) is 5.93. The highest BCUT2D eigenvalue weighted by atomic mass is 19.4. The van der Waals surface area contributed by atoms with E-state index in [1.165, 1.54) is 37.8 Å². The van der Waals surface area contributed by atoms with Crippen LogP contribution >= 0.6 is 0 Å². The van der Waals surface area contributed by atoms with Gasteiger partial charge in [0.05, 0.1) is 0 Å². The molecule has 0 radical (unpaired) electrons. The van der Waals surface area contributed by atoms with Gasteiger partial charge in [-0.3, -0.25) is 0 Å². The molecule has 1 aliphatic carbocycles. The Hall–Kier alpha value is -2.04. The van der Waals surface area contributed by atoms with Crippen LogP contribution in [0.5, 0.6) is 5.75 Å². The minimum atomic E-state index is -4.69. The summed E-state index contributed by atoms with van der Waals surface area (Å²) in [5.41, 5.74) is 2.58. The molecule has 3 rings (SSSR count). The molecule has 0 heterocycles. The van der Waals surface area contributed by atoms with E-state index in [1.54, 1.807) is 18.2 Å². The summed E-state index contributed by atoms with van der Waals surface area (Å²) in [6.07, 6.45) is 3.64. The van der Waals surface area contributed by atoms with Crippen molar-refractivity contribution in [2.45, 2.75) is 70.6 Å². The largest absolute Gasteiger partial charge is 0.573 e. The van der Waals surface area contributed by atoms with Crippen molar-refractivity contribution >= 4 is 0 Å². The maximum Gasteiger partial charge on any atom is 0.573 e. The van der Waals surface area contributed by atoms with Gasteiger partial charge in [-0.2, -0.15) is 0 Å². The Morgan fingerprint density at radius 3 is 2.21 bits per heavy atom. The van der Waals surface area contributed by atoms with Gasteiger partial charge in [-0.1, -0.05) is 44.0 Å². The molecule has 1 nitrogen and oxygen atoms in total. The summed E-state index contributed by atoms with van der Waals surface area (Å²) in [6, 6.07) is 11.3. The van der Waals surface area contributed by atoms with E-state index >= 15 is 0 Å². The molecule has 2 aromatic rings. The molecule has 2 aromatic carbocycles. The van der Waals surface area contributed by atoms with Crippen LogP contribution < -0.4 is 4.74 Å². The Morgan fingerprint density at radius 2 is 1.62 bits per heavy atom. The molecule has 158 valence electrons. The summed E-state index contributed by atoms with van der Waals surface area (Å²) in [5, 5.41) is 0. The Labute approximate surface area is 170 Å². The Kier molecular flexibility index (Phi) is 7.20. The average molecular weight is 408 g/mol. The van der Waals surface area contributed by atoms with Gasteiger partial charge in [-0.15, -0.1) is 13.2 Å². The molecular weight excluding hydrogens is 380 g/mol. The molecule has 0 atom stereocenters. The summed E-state index contributed by atoms with van der Waals surface area (Å²) < 4.78 is 55.1. The van der Waals surface area contributed by atoms with Gasteiger partial charge in [0.25, 0.3) is 0 Å². The van der Waals surface area contributed by atoms with Crippen molar-refractivity contribution in [1.82, 2.24) is 0 Å². The molecule has 5 heteroatoms. The van der Waals surface area contributed by atoms with Crippen LogP contribution in [0, 0.1) is 11.7 Å². The first kappa shape index (κ1) is 21.7. The topological polar surface area (TPSA) is 9.23 Å². The summed E-state index contributed by atoms with van der Waals surface area (Å²) in [4.78, 5) is 0. The van der Waals surface area contributed by atoms with E-state index in [-0.39, 0.29) is 11.6 Å². The number of ether oxygens (including phenoxy) is 1. The van der Waals surface area contributed by atoms with Crippen molar-refractivity contribution in [1.29, 1.82) is 0 Å². The first-order chi connectivity index (χ1) is 13.8. The van der Waals surface area contributed by atoms with E-state index in [0.29, 0.717) is 24.3 Å². The lowest BCUT2D eigenvalue weighted by molar-refractivity contribution is -0.274. The SMILES string of the molecule is CCCC1CCC(c2ccc(CCc3ccc(OC(F)(F)F)cc3)c(F)c2)CC1. The molecule has 0 aromatic heterocycles. The monoisotopic (exact) mass is 408 g/mol. The Morgan fingerprint density at radius 1 is 0.931 bits per heavy atom. The first-order valence-electron chi connectivity index (χ1n) is 10.5. The molecule has 0 unspecified atom stereocenters. The predicted molar refractivity (Wildman–Crippen MR) is 107 cm³/mol. The number of benzene rings is 2. The highest BCUT2D eigenvalue weighted by Gasteiger charge is 2.31. The van der Waals surface area contributed by atoms with Crippen LogP contribution in [0.4, 0.5) is 17.6 Å². The zero-order chi connectivity index (χ0) is 20.9. The van der Waals surface area contributed by atoms with E-state index in [0.717, 1.165) is 29.9 Å². The van der Waals surface area contributed by atoms with Gasteiger partial charge >= 0.3 is 6.36 Å². The van der Waals surface area contributed by atoms with Crippen LogP contribution in [0.3, 0.4) is 0 Å². The molecule has 0 N–H and O–H groups in total. The number of rotatable bonds is 7. The second kappa shape index (κ2) is 9.64. The lowest BCUT2D eigenvalue weighted by Gasteiger charge is -2.28. The third kappa shape index (κ3) is 6.48. The van der Waals surface area contributed by atoms with Crippen LogP contribution in [0.15, 0.2) is 42.5 Å². The minimum Gasteiger partial charge on any atom is -0.406 e. The normalized spacial score (nSPS) is 19.9. The van der Waals surface area contributed by atoms with E-state index in [2.05, 4.69) is 11.7 Å². The summed E-state index contributed by atoms with van der Waals surface area (Å²) in [5.74, 6) is 0.849. The van der Waals surface area contributed by atoms with E-state index in [9.17, 15) is 17.6 Å². The van der Waals surface area contributed by atoms with Gasteiger partial charge in [-0.25, -0.2) is 4.39 Å². The lowest BCUT2D eigenvalue weighted by atomic mass is 9.77. The summed E-state index contributed by atoms with van der Waals surface area (Å²) >= 11 is 0. The number of alkyl halides is 3. The number of hydrogen-bond acceptors (Lipinski definition) is 1. The van der Waals surface area contributed by atoms with Crippen molar-refractivity contribution in [2.75, 3.05) is 0 Å². The number of halogens is 4. The second-order valence-electron chi connectivity index (χ2n) is 8.05. The standard InChI is InChI=1S/C24H28F4O/c1-2-3-17-4-9-19(10-5-17)21-13-12-20(23(25)16-21)11-6-18-7-14-22(15-8-18)29-24(26,27)28/h7-8,12-17,19H,2-6,9-11H2,1H3. The molecule has 1 saturated carbocycles. The number of hydrogen-bond donors (Lipinski definition) is 0. The molecule has 0 amide bonds. The van der Waals surface area contributed by atoms with Gasteiger partial charge in [0, 0.05) is 0 Å². The minimum absolute atomic E-state index is 0.185. The Bertz CT molecular complexity index is 774. The van der Waals surface area contributed by atoms with Crippen molar-refractivity contribution in [3.63, 3.8) is 0 Å². The fourth-order valence-corrected chi connectivity index (χ4v) is 4.35. The van der Waals surface area contributed by atoms with Gasteiger partial charge in [0.15, 0.2) is 0 Å². The maximum absolute atomic E-state index is 14.6. The van der Waals surface area contributed by atoms with Gasteiger partial charge in [-0.05, 0) is 85.3 Å². The van der Waals surface area contributed by atoms with Crippen molar-refractivity contribution < 1.29 is 22.3 Å². The molecule has 0 aliphatic heterocycles. The van der Waals surface area contributed by atoms with E-state index < -0.39 is 6.36 Å². The van der Waals surface area contributed by atoms with Crippen molar-refractivity contribution in [3.8, 4) is 5.75 Å². The molecule has 1 aliphatic rings. The van der Waals surface area contributed by atoms with E-state index in [1.807, 2.05) is 12.1 Å². The second-order valence-corrected chi connectivity index (χ2v) is 8.05. The zero-order valence-electron chi connectivity index (χ0n) is 16.8. The highest BCUT2D eigenvalue weighted by molar-refractivity contribution is 5.30. The highest BCUT2D eigenvalue weighted by Crippen LogP contribution is 2.38. The lowest BCUT2D eigenvalue weighted by Crippen LogP contribution is -2.17. The number of aryl methyl sites for hydroxylation is 2. The fourth-order valence-electron chi connectivity index (χ4n) is 4.35. The molecule has 0 bridgehead atoms. The zero-order valence-corrected chi connectivity index (χ0v) is 16.8. The van der Waals surface area contributed by atoms with Crippen LogP contribution in [-0.4, -0.2) is 6.36 Å². The molecule has 1 fully saturated rings. The smallest absolute Gasteiger partial charge is 0.406 e.